The van der Waals surface area contributed by atoms with E-state index in [0.717, 1.165) is 6.42 Å². The summed E-state index contributed by atoms with van der Waals surface area (Å²) in [7, 11) is -1.76. The topological polar surface area (TPSA) is 82.1 Å². The molecule has 0 N–H and O–H groups in total. The van der Waals surface area contributed by atoms with Crippen LogP contribution in [0.2, 0.25) is 0 Å². The smallest absolute Gasteiger partial charge is 0.216 e. The lowest BCUT2D eigenvalue weighted by atomic mass is 9.67. The maximum atomic E-state index is 12.8. The van der Waals surface area contributed by atoms with Gasteiger partial charge >= 0.3 is 0 Å². The number of Topliss-reactive ketones (excluding diaryl/α,β-unsaturated/α-hetero) is 1. The van der Waals surface area contributed by atoms with E-state index < -0.39 is 10.0 Å². The summed E-state index contributed by atoms with van der Waals surface area (Å²) in [5, 5.41) is 0. The molecule has 0 aromatic carbocycles. The number of carbonyl (C=O) groups is 1. The first kappa shape index (κ1) is 16.9. The second-order valence-corrected chi connectivity index (χ2v) is 10.0. The van der Waals surface area contributed by atoms with E-state index in [-0.39, 0.29) is 34.6 Å². The monoisotopic (exact) mass is 359 g/mol. The molecule has 0 bridgehead atoms. The summed E-state index contributed by atoms with van der Waals surface area (Å²) in [6.45, 7) is 2.57. The minimum absolute atomic E-state index is 0.00127. The highest BCUT2D eigenvalue weighted by molar-refractivity contribution is 7.89. The molecule has 0 aromatic rings. The second kappa shape index (κ2) is 5.74. The number of nitrogens with zero attached hydrogens (tertiary/aromatic N) is 1. The van der Waals surface area contributed by atoms with Gasteiger partial charge in [-0.25, -0.2) is 8.42 Å². The molecule has 4 aliphatic rings. The number of ether oxygens (including phenoxy) is 3. The average molecular weight is 359 g/mol. The Bertz CT molecular complexity index is 626. The Kier molecular flexibility index (Phi) is 4.04. The fraction of sp³-hybridized carbons (Fsp3) is 0.938. The lowest BCUT2D eigenvalue weighted by Crippen LogP contribution is -2.40. The summed E-state index contributed by atoms with van der Waals surface area (Å²) in [5.41, 5.74) is -0.293. The first-order valence-electron chi connectivity index (χ1n) is 8.58. The molecule has 0 amide bonds. The van der Waals surface area contributed by atoms with Crippen LogP contribution in [0.4, 0.5) is 0 Å². The molecule has 136 valence electrons. The molecule has 24 heavy (non-hydrogen) atoms. The van der Waals surface area contributed by atoms with Crippen LogP contribution in [0, 0.1) is 10.8 Å². The van der Waals surface area contributed by atoms with E-state index in [0.29, 0.717) is 52.2 Å². The number of methoxy groups -OCH3 is 1. The Hall–Kier alpha value is -0.540. The zero-order valence-electron chi connectivity index (χ0n) is 14.0. The summed E-state index contributed by atoms with van der Waals surface area (Å²) >= 11 is 0. The minimum atomic E-state index is -3.40. The van der Waals surface area contributed by atoms with Gasteiger partial charge in [0.15, 0.2) is 0 Å². The number of carbonyl (C=O) groups excluding carboxylic acids is 1. The van der Waals surface area contributed by atoms with Crippen molar-refractivity contribution in [2.45, 2.75) is 37.9 Å². The van der Waals surface area contributed by atoms with Crippen LogP contribution in [0.15, 0.2) is 0 Å². The van der Waals surface area contributed by atoms with Gasteiger partial charge in [0.2, 0.25) is 10.0 Å². The summed E-state index contributed by atoms with van der Waals surface area (Å²) in [4.78, 5) is 11.3. The zero-order chi connectivity index (χ0) is 17.0. The van der Waals surface area contributed by atoms with Crippen molar-refractivity contribution in [3.05, 3.63) is 0 Å². The number of rotatable bonds is 5. The number of ketones is 1. The molecule has 7 nitrogen and oxygen atoms in total. The van der Waals surface area contributed by atoms with Gasteiger partial charge in [0, 0.05) is 50.5 Å². The molecule has 8 heteroatoms. The van der Waals surface area contributed by atoms with E-state index in [9.17, 15) is 13.2 Å². The molecule has 4 fully saturated rings. The molecule has 0 radical (unpaired) electrons. The highest BCUT2D eigenvalue weighted by Gasteiger charge is 2.55. The zero-order valence-corrected chi connectivity index (χ0v) is 14.8. The van der Waals surface area contributed by atoms with Gasteiger partial charge < -0.3 is 14.2 Å². The minimum Gasteiger partial charge on any atom is -0.384 e. The Balaban J connectivity index is 1.40. The molecular weight excluding hydrogens is 334 g/mol. The number of hydrogen-bond donors (Lipinski definition) is 0. The SMILES string of the molecule is COC[C@]12CCO[C@H]1CN(S(=O)(=O)CC1CC3(CO1)CC(=O)C3)C2. The summed E-state index contributed by atoms with van der Waals surface area (Å²) in [6, 6.07) is 0. The van der Waals surface area contributed by atoms with Crippen LogP contribution in [0.3, 0.4) is 0 Å². The van der Waals surface area contributed by atoms with Crippen LogP contribution in [0.5, 0.6) is 0 Å². The van der Waals surface area contributed by atoms with Gasteiger partial charge in [-0.3, -0.25) is 4.79 Å². The molecular formula is C16H25NO6S. The predicted molar refractivity (Wildman–Crippen MR) is 85.1 cm³/mol. The van der Waals surface area contributed by atoms with Crippen molar-refractivity contribution in [1.82, 2.24) is 4.31 Å². The Morgan fingerprint density at radius 2 is 2.12 bits per heavy atom. The van der Waals surface area contributed by atoms with Gasteiger partial charge in [-0.2, -0.15) is 4.31 Å². The largest absolute Gasteiger partial charge is 0.384 e. The lowest BCUT2D eigenvalue weighted by molar-refractivity contribution is -0.132. The molecule has 3 heterocycles. The third-order valence-electron chi connectivity index (χ3n) is 6.11. The Labute approximate surface area is 142 Å². The van der Waals surface area contributed by atoms with Crippen LogP contribution in [-0.2, 0) is 29.0 Å². The van der Waals surface area contributed by atoms with E-state index in [4.69, 9.17) is 14.2 Å². The molecule has 1 aliphatic carbocycles. The first-order chi connectivity index (χ1) is 11.4. The van der Waals surface area contributed by atoms with E-state index in [1.165, 1.54) is 0 Å². The lowest BCUT2D eigenvalue weighted by Gasteiger charge is -2.35. The van der Waals surface area contributed by atoms with Crippen LogP contribution in [-0.4, -0.2) is 76.5 Å². The van der Waals surface area contributed by atoms with Crippen molar-refractivity contribution in [2.24, 2.45) is 10.8 Å². The molecule has 3 aliphatic heterocycles. The van der Waals surface area contributed by atoms with E-state index in [2.05, 4.69) is 0 Å². The number of hydrogen-bond acceptors (Lipinski definition) is 6. The fourth-order valence-corrected chi connectivity index (χ4v) is 6.57. The van der Waals surface area contributed by atoms with Crippen molar-refractivity contribution in [1.29, 1.82) is 0 Å². The van der Waals surface area contributed by atoms with Gasteiger partial charge in [-0.1, -0.05) is 0 Å². The van der Waals surface area contributed by atoms with Crippen molar-refractivity contribution in [3.8, 4) is 0 Å². The van der Waals surface area contributed by atoms with Gasteiger partial charge in [-0.15, -0.1) is 0 Å². The third-order valence-corrected chi connectivity index (χ3v) is 7.97. The second-order valence-electron chi connectivity index (χ2n) is 8.01. The molecule has 1 saturated carbocycles. The molecule has 1 unspecified atom stereocenters. The molecule has 3 saturated heterocycles. The Morgan fingerprint density at radius 3 is 2.83 bits per heavy atom. The van der Waals surface area contributed by atoms with Crippen molar-refractivity contribution < 1.29 is 27.4 Å². The molecule has 0 aromatic heterocycles. The van der Waals surface area contributed by atoms with Crippen LogP contribution < -0.4 is 0 Å². The molecule has 4 rings (SSSR count). The van der Waals surface area contributed by atoms with Crippen LogP contribution in [0.25, 0.3) is 0 Å². The fourth-order valence-electron chi connectivity index (χ4n) is 4.85. The van der Waals surface area contributed by atoms with Crippen LogP contribution >= 0.6 is 0 Å². The van der Waals surface area contributed by atoms with E-state index in [1.54, 1.807) is 11.4 Å². The first-order valence-corrected chi connectivity index (χ1v) is 10.2. The number of sulfonamides is 1. The number of fused-ring (bicyclic) bond motifs is 1. The van der Waals surface area contributed by atoms with Gasteiger partial charge in [-0.05, 0) is 12.8 Å². The predicted octanol–water partition coefficient (Wildman–Crippen LogP) is 0.192. The van der Waals surface area contributed by atoms with Crippen molar-refractivity contribution in [3.63, 3.8) is 0 Å². The molecule has 1 spiro atoms. The maximum Gasteiger partial charge on any atom is 0.216 e. The summed E-state index contributed by atoms with van der Waals surface area (Å²) in [5.74, 6) is 0.256. The van der Waals surface area contributed by atoms with Gasteiger partial charge in [0.05, 0.1) is 31.2 Å². The van der Waals surface area contributed by atoms with E-state index >= 15 is 0 Å². The van der Waals surface area contributed by atoms with E-state index in [1.807, 2.05) is 0 Å². The summed E-state index contributed by atoms with van der Waals surface area (Å²) < 4.78 is 44.0. The van der Waals surface area contributed by atoms with Crippen molar-refractivity contribution in [2.75, 3.05) is 45.8 Å². The van der Waals surface area contributed by atoms with Crippen LogP contribution in [0.1, 0.15) is 25.7 Å². The third kappa shape index (κ3) is 2.72. The van der Waals surface area contributed by atoms with Crippen molar-refractivity contribution >= 4 is 15.8 Å². The van der Waals surface area contributed by atoms with Gasteiger partial charge in [0.25, 0.3) is 0 Å². The quantitative estimate of drug-likeness (QED) is 0.697. The Morgan fingerprint density at radius 1 is 1.33 bits per heavy atom. The molecule has 3 atom stereocenters. The summed E-state index contributed by atoms with van der Waals surface area (Å²) in [6.07, 6.45) is 2.22. The van der Waals surface area contributed by atoms with Gasteiger partial charge in [0.1, 0.15) is 5.78 Å². The average Bonchev–Trinajstić information content (AvgIpc) is 3.11. The highest BCUT2D eigenvalue weighted by Crippen LogP contribution is 2.48. The normalized spacial score (nSPS) is 38.6. The highest BCUT2D eigenvalue weighted by atomic mass is 32.2. The maximum absolute atomic E-state index is 12.8. The standard InChI is InChI=1S/C16H25NO6S/c1-21-11-16-2-3-22-14(16)7-17(9-16)24(19,20)8-13-6-15(10-23-13)4-12(18)5-15/h13-14H,2-11H2,1H3/t13?,14-,16+/m0/s1.